The first-order valence-electron chi connectivity index (χ1n) is 6.01. The Hall–Kier alpha value is -2.63. The Morgan fingerprint density at radius 1 is 0.762 bits per heavy atom. The summed E-state index contributed by atoms with van der Waals surface area (Å²) in [7, 11) is 0. The molecular weight excluding hydrogens is 284 g/mol. The number of aromatic amines is 1. The number of imidazole rings is 1. The molecule has 0 saturated carbocycles. The maximum atomic E-state index is 13.7. The van der Waals surface area contributed by atoms with Crippen LogP contribution in [0.2, 0.25) is 0 Å². The average molecular weight is 292 g/mol. The van der Waals surface area contributed by atoms with Crippen LogP contribution in [0.15, 0.2) is 42.6 Å². The first-order valence-corrected chi connectivity index (χ1v) is 6.01. The number of rotatable bonds is 2. The van der Waals surface area contributed by atoms with Crippen molar-refractivity contribution >= 4 is 0 Å². The fourth-order valence-corrected chi connectivity index (χ4v) is 1.98. The Kier molecular flexibility index (Phi) is 3.21. The predicted octanol–water partition coefficient (Wildman–Crippen LogP) is 4.30. The molecular formula is C15H8F4N2. The molecule has 3 rings (SSSR count). The van der Waals surface area contributed by atoms with Crippen LogP contribution in [0.4, 0.5) is 17.6 Å². The van der Waals surface area contributed by atoms with Crippen molar-refractivity contribution in [1.29, 1.82) is 0 Å². The number of nitrogens with zero attached hydrogens (tertiary/aromatic N) is 1. The SMILES string of the molecule is Fc1ccc(-c2c[nH]c(-c3ccc(F)cc3F)n2)c(F)c1. The molecule has 0 saturated heterocycles. The summed E-state index contributed by atoms with van der Waals surface area (Å²) in [6, 6.07) is 6.14. The molecule has 0 aliphatic heterocycles. The van der Waals surface area contributed by atoms with E-state index in [0.29, 0.717) is 0 Å². The van der Waals surface area contributed by atoms with Crippen molar-refractivity contribution in [2.75, 3.05) is 0 Å². The molecule has 1 heterocycles. The van der Waals surface area contributed by atoms with Gasteiger partial charge < -0.3 is 4.98 Å². The Bertz CT molecular complexity index is 745. The summed E-state index contributed by atoms with van der Waals surface area (Å²) < 4.78 is 53.1. The molecule has 6 heteroatoms. The first-order chi connectivity index (χ1) is 10.0. The Morgan fingerprint density at radius 2 is 1.33 bits per heavy atom. The van der Waals surface area contributed by atoms with E-state index >= 15 is 0 Å². The number of hydrogen-bond donors (Lipinski definition) is 1. The molecule has 0 fully saturated rings. The molecule has 2 aromatic carbocycles. The van der Waals surface area contributed by atoms with E-state index in [1.54, 1.807) is 0 Å². The molecule has 0 atom stereocenters. The number of nitrogens with one attached hydrogen (secondary N) is 1. The summed E-state index contributed by atoms with van der Waals surface area (Å²) in [5, 5.41) is 0. The van der Waals surface area contributed by atoms with Gasteiger partial charge in [-0.15, -0.1) is 0 Å². The van der Waals surface area contributed by atoms with Gasteiger partial charge in [-0.1, -0.05) is 0 Å². The van der Waals surface area contributed by atoms with Crippen LogP contribution < -0.4 is 0 Å². The zero-order chi connectivity index (χ0) is 15.0. The summed E-state index contributed by atoms with van der Waals surface area (Å²) in [4.78, 5) is 6.74. The van der Waals surface area contributed by atoms with Gasteiger partial charge in [0.1, 0.15) is 29.1 Å². The lowest BCUT2D eigenvalue weighted by atomic mass is 10.1. The summed E-state index contributed by atoms with van der Waals surface area (Å²) in [6.45, 7) is 0. The highest BCUT2D eigenvalue weighted by atomic mass is 19.1. The van der Waals surface area contributed by atoms with E-state index in [1.165, 1.54) is 18.3 Å². The van der Waals surface area contributed by atoms with Crippen LogP contribution in [-0.2, 0) is 0 Å². The Balaban J connectivity index is 2.03. The van der Waals surface area contributed by atoms with Gasteiger partial charge in [0.05, 0.1) is 11.3 Å². The molecule has 0 amide bonds. The van der Waals surface area contributed by atoms with Crippen molar-refractivity contribution in [3.05, 3.63) is 65.9 Å². The second-order valence-electron chi connectivity index (χ2n) is 4.38. The Labute approximate surface area is 117 Å². The smallest absolute Gasteiger partial charge is 0.141 e. The summed E-state index contributed by atoms with van der Waals surface area (Å²) in [6.07, 6.45) is 1.37. The van der Waals surface area contributed by atoms with Crippen molar-refractivity contribution in [2.24, 2.45) is 0 Å². The third-order valence-corrected chi connectivity index (χ3v) is 2.97. The molecule has 0 unspecified atom stereocenters. The van der Waals surface area contributed by atoms with E-state index in [9.17, 15) is 17.6 Å². The minimum Gasteiger partial charge on any atom is -0.344 e. The van der Waals surface area contributed by atoms with Gasteiger partial charge >= 0.3 is 0 Å². The molecule has 2 nitrogen and oxygen atoms in total. The molecule has 0 aliphatic rings. The van der Waals surface area contributed by atoms with E-state index in [1.807, 2.05) is 0 Å². The van der Waals surface area contributed by atoms with Crippen molar-refractivity contribution in [3.8, 4) is 22.6 Å². The fourth-order valence-electron chi connectivity index (χ4n) is 1.98. The second-order valence-corrected chi connectivity index (χ2v) is 4.38. The van der Waals surface area contributed by atoms with E-state index in [0.717, 1.165) is 24.3 Å². The van der Waals surface area contributed by atoms with Crippen LogP contribution in [0.5, 0.6) is 0 Å². The van der Waals surface area contributed by atoms with Crippen LogP contribution >= 0.6 is 0 Å². The molecule has 3 aromatic rings. The molecule has 21 heavy (non-hydrogen) atoms. The van der Waals surface area contributed by atoms with Crippen molar-refractivity contribution in [2.45, 2.75) is 0 Å². The van der Waals surface area contributed by atoms with Gasteiger partial charge in [-0.25, -0.2) is 22.5 Å². The lowest BCUT2D eigenvalue weighted by molar-refractivity contribution is 0.585. The van der Waals surface area contributed by atoms with Crippen LogP contribution in [0, 0.1) is 23.3 Å². The number of H-pyrrole nitrogens is 1. The van der Waals surface area contributed by atoms with Gasteiger partial charge in [-0.05, 0) is 24.3 Å². The third-order valence-electron chi connectivity index (χ3n) is 2.97. The lowest BCUT2D eigenvalue weighted by Crippen LogP contribution is -1.89. The molecule has 0 bridgehead atoms. The highest BCUT2D eigenvalue weighted by Gasteiger charge is 2.13. The summed E-state index contributed by atoms with van der Waals surface area (Å²) >= 11 is 0. The maximum absolute atomic E-state index is 13.7. The molecule has 106 valence electrons. The highest BCUT2D eigenvalue weighted by molar-refractivity contribution is 5.65. The second kappa shape index (κ2) is 5.05. The fraction of sp³-hybridized carbons (Fsp3) is 0. The van der Waals surface area contributed by atoms with E-state index in [4.69, 9.17) is 0 Å². The van der Waals surface area contributed by atoms with Crippen LogP contribution in [-0.4, -0.2) is 9.97 Å². The summed E-state index contributed by atoms with van der Waals surface area (Å²) in [5.74, 6) is -2.82. The highest BCUT2D eigenvalue weighted by Crippen LogP contribution is 2.26. The minimum atomic E-state index is -0.782. The molecule has 1 N–H and O–H groups in total. The molecule has 0 radical (unpaired) electrons. The Morgan fingerprint density at radius 3 is 1.90 bits per heavy atom. The van der Waals surface area contributed by atoms with Crippen molar-refractivity contribution in [3.63, 3.8) is 0 Å². The number of benzene rings is 2. The standard InChI is InChI=1S/C15H8F4N2/c16-8-1-3-10(12(18)5-8)14-7-20-15(21-14)11-4-2-9(17)6-13(11)19/h1-7H,(H,20,21). The monoisotopic (exact) mass is 292 g/mol. The molecule has 0 aliphatic carbocycles. The van der Waals surface area contributed by atoms with E-state index in [2.05, 4.69) is 9.97 Å². The van der Waals surface area contributed by atoms with Crippen molar-refractivity contribution < 1.29 is 17.6 Å². The van der Waals surface area contributed by atoms with E-state index in [-0.39, 0.29) is 22.6 Å². The zero-order valence-electron chi connectivity index (χ0n) is 10.5. The maximum Gasteiger partial charge on any atom is 0.141 e. The van der Waals surface area contributed by atoms with Gasteiger partial charge in [-0.3, -0.25) is 0 Å². The predicted molar refractivity (Wildman–Crippen MR) is 69.3 cm³/mol. The van der Waals surface area contributed by atoms with Crippen LogP contribution in [0.25, 0.3) is 22.6 Å². The van der Waals surface area contributed by atoms with Gasteiger partial charge in [-0.2, -0.15) is 0 Å². The van der Waals surface area contributed by atoms with Crippen LogP contribution in [0.1, 0.15) is 0 Å². The number of aromatic nitrogens is 2. The first kappa shape index (κ1) is 13.4. The van der Waals surface area contributed by atoms with Gasteiger partial charge in [0, 0.05) is 23.9 Å². The van der Waals surface area contributed by atoms with Crippen LogP contribution in [0.3, 0.4) is 0 Å². The number of halogens is 4. The largest absolute Gasteiger partial charge is 0.344 e. The quantitative estimate of drug-likeness (QED) is 0.701. The average Bonchev–Trinajstić information content (AvgIpc) is 2.87. The third kappa shape index (κ3) is 2.52. The van der Waals surface area contributed by atoms with Crippen molar-refractivity contribution in [1.82, 2.24) is 9.97 Å². The zero-order valence-corrected chi connectivity index (χ0v) is 10.5. The normalized spacial score (nSPS) is 10.9. The topological polar surface area (TPSA) is 28.7 Å². The van der Waals surface area contributed by atoms with Gasteiger partial charge in [0.25, 0.3) is 0 Å². The van der Waals surface area contributed by atoms with Gasteiger partial charge in [0.2, 0.25) is 0 Å². The van der Waals surface area contributed by atoms with Gasteiger partial charge in [0.15, 0.2) is 0 Å². The molecule has 0 spiro atoms. The molecule has 1 aromatic heterocycles. The number of hydrogen-bond acceptors (Lipinski definition) is 1. The van der Waals surface area contributed by atoms with E-state index < -0.39 is 23.3 Å². The summed E-state index contributed by atoms with van der Waals surface area (Å²) in [5.41, 5.74) is 0.345. The minimum absolute atomic E-state index is 0.0603. The lowest BCUT2D eigenvalue weighted by Gasteiger charge is -2.00.